The number of carboxylic acid groups (broad SMARTS) is 2. The van der Waals surface area contributed by atoms with Gasteiger partial charge in [-0.3, -0.25) is 19.2 Å². The molecule has 6 N–H and O–H groups in total. The van der Waals surface area contributed by atoms with E-state index in [2.05, 4.69) is 21.3 Å². The highest BCUT2D eigenvalue weighted by molar-refractivity contribution is 7.12. The first kappa shape index (κ1) is 58.6. The molecule has 428 valence electrons. The smallest absolute Gasteiger partial charge is 0.353 e. The van der Waals surface area contributed by atoms with E-state index in [4.69, 9.17) is 28.4 Å². The first-order chi connectivity index (χ1) is 40.6. The zero-order valence-electron chi connectivity index (χ0n) is 44.7. The van der Waals surface area contributed by atoms with Gasteiger partial charge in [0.2, 0.25) is 11.8 Å². The minimum absolute atomic E-state index is 0.139. The van der Waals surface area contributed by atoms with Crippen LogP contribution < -0.4 is 40.2 Å². The number of esters is 2. The van der Waals surface area contributed by atoms with E-state index in [0.29, 0.717) is 0 Å². The van der Waals surface area contributed by atoms with Crippen molar-refractivity contribution >= 4 is 81.6 Å². The van der Waals surface area contributed by atoms with Crippen LogP contribution in [0.5, 0.6) is 23.0 Å². The lowest BCUT2D eigenvalue weighted by Gasteiger charge is -2.64. The Labute approximate surface area is 487 Å². The summed E-state index contributed by atoms with van der Waals surface area (Å²) in [6, 6.07) is 43.2. The molecule has 4 amide bonds. The molecule has 0 radical (unpaired) electrons. The van der Waals surface area contributed by atoms with Crippen LogP contribution in [0.2, 0.25) is 0 Å². The molecule has 20 nitrogen and oxygen atoms in total. The third kappa shape index (κ3) is 12.9. The normalized spacial score (nSPS) is 16.8. The zero-order chi connectivity index (χ0) is 59.4. The SMILES string of the molecule is COc1cc(C2C(NC(=O)c3ccc(NC(=O)COCc4ccccc4)cc3)(C(=O)O)C(c3ccc(OC(=O)c4cccs4)c(OC)c3)C2(NC(=O)c2ccc(NC(=O)COCc3ccccc3)cc2)C(=O)O)ccc1OC(=O)c1cccs1. The van der Waals surface area contributed by atoms with Crippen molar-refractivity contribution in [3.8, 4) is 23.0 Å². The average molecular weight is 1170 g/mol. The number of hydrogen-bond donors (Lipinski definition) is 6. The molecule has 1 aliphatic rings. The van der Waals surface area contributed by atoms with Gasteiger partial charge in [-0.15, -0.1) is 22.7 Å². The number of rotatable bonds is 24. The van der Waals surface area contributed by atoms with Gasteiger partial charge in [-0.05, 0) is 118 Å². The van der Waals surface area contributed by atoms with Gasteiger partial charge in [0.05, 0.1) is 39.3 Å². The fraction of sp³-hybridized carbons (Fsp3) is 0.161. The summed E-state index contributed by atoms with van der Waals surface area (Å²) in [7, 11) is 2.47. The minimum atomic E-state index is -2.76. The molecular weight excluding hydrogens is 1120 g/mol. The summed E-state index contributed by atoms with van der Waals surface area (Å²) < 4.78 is 33.9. The second-order valence-corrected chi connectivity index (χ2v) is 20.8. The maximum absolute atomic E-state index is 14.9. The van der Waals surface area contributed by atoms with Crippen molar-refractivity contribution in [3.63, 3.8) is 0 Å². The lowest BCUT2D eigenvalue weighted by Crippen LogP contribution is -2.86. The molecule has 9 rings (SSSR count). The highest BCUT2D eigenvalue weighted by atomic mass is 32.1. The van der Waals surface area contributed by atoms with E-state index < -0.39 is 70.4 Å². The van der Waals surface area contributed by atoms with Crippen LogP contribution in [-0.2, 0) is 41.9 Å². The summed E-state index contributed by atoms with van der Waals surface area (Å²) in [5.74, 6) is -12.7. The van der Waals surface area contributed by atoms with Crippen molar-refractivity contribution < 1.29 is 77.0 Å². The van der Waals surface area contributed by atoms with Gasteiger partial charge in [0, 0.05) is 22.5 Å². The Kier molecular flexibility index (Phi) is 18.3. The second-order valence-electron chi connectivity index (χ2n) is 18.9. The molecule has 84 heavy (non-hydrogen) atoms. The molecule has 1 aliphatic carbocycles. The monoisotopic (exact) mass is 1170 g/mol. The van der Waals surface area contributed by atoms with Gasteiger partial charge >= 0.3 is 23.9 Å². The summed E-state index contributed by atoms with van der Waals surface area (Å²) >= 11 is 2.21. The number of amides is 4. The molecule has 0 atom stereocenters. The van der Waals surface area contributed by atoms with Gasteiger partial charge in [-0.1, -0.05) is 84.9 Å². The van der Waals surface area contributed by atoms with Crippen LogP contribution >= 0.6 is 22.7 Å². The van der Waals surface area contributed by atoms with Crippen LogP contribution in [0.25, 0.3) is 0 Å². The summed E-state index contributed by atoms with van der Waals surface area (Å²) in [4.78, 5) is 112. The van der Waals surface area contributed by atoms with Crippen molar-refractivity contribution in [1.29, 1.82) is 0 Å². The summed E-state index contributed by atoms with van der Waals surface area (Å²) in [5.41, 5.74) is -3.87. The van der Waals surface area contributed by atoms with E-state index in [1.807, 2.05) is 60.7 Å². The van der Waals surface area contributed by atoms with E-state index in [1.165, 1.54) is 111 Å². The largest absolute Gasteiger partial charge is 0.493 e. The number of anilines is 2. The number of nitrogens with one attached hydrogen (secondary N) is 4. The standard InChI is InChI=1S/C62H52N4O16S2/c1-77-47-31-41(21-27-45(47)81-57(71)49-15-9-29-83-49)53-61(59(73)74,65-55(69)39-17-23-43(24-18-39)63-51(67)35-79-33-37-11-5-3-6-12-37)54(42-22-28-46(48(32-42)78-2)82-58(72)50-16-10-30-84-50)62(53,60(75)76)66-56(70)40-19-25-44(26-20-40)64-52(68)36-80-34-38-13-7-4-8-14-38/h3-32,53-54H,33-36H2,1-2H3,(H,63,67)(H,64,68)(H,65,69)(H,66,70)(H,73,74)(H,75,76). The van der Waals surface area contributed by atoms with Crippen molar-refractivity contribution in [2.24, 2.45) is 0 Å². The number of benzene rings is 6. The number of carboxylic acids is 2. The maximum Gasteiger partial charge on any atom is 0.353 e. The fourth-order valence-electron chi connectivity index (χ4n) is 9.88. The number of thiophene rings is 2. The Morgan fingerprint density at radius 3 is 1.18 bits per heavy atom. The number of hydrogen-bond acceptors (Lipinski definition) is 16. The van der Waals surface area contributed by atoms with Gasteiger partial charge in [-0.25, -0.2) is 19.2 Å². The van der Waals surface area contributed by atoms with Crippen LogP contribution in [0.3, 0.4) is 0 Å². The second kappa shape index (κ2) is 26.3. The molecule has 0 spiro atoms. The van der Waals surface area contributed by atoms with E-state index in [0.717, 1.165) is 33.8 Å². The third-order valence-electron chi connectivity index (χ3n) is 13.6. The number of methoxy groups -OCH3 is 2. The molecule has 2 heterocycles. The van der Waals surface area contributed by atoms with Gasteiger partial charge in [0.15, 0.2) is 34.1 Å². The number of aliphatic carboxylic acids is 2. The first-order valence-electron chi connectivity index (χ1n) is 25.7. The lowest BCUT2D eigenvalue weighted by molar-refractivity contribution is -0.171. The van der Waals surface area contributed by atoms with Crippen molar-refractivity contribution in [2.45, 2.75) is 36.1 Å². The zero-order valence-corrected chi connectivity index (χ0v) is 46.4. The lowest BCUT2D eigenvalue weighted by atomic mass is 9.43. The Morgan fingerprint density at radius 1 is 0.464 bits per heavy atom. The van der Waals surface area contributed by atoms with Crippen LogP contribution in [0.4, 0.5) is 11.4 Å². The van der Waals surface area contributed by atoms with E-state index >= 15 is 0 Å². The molecule has 0 unspecified atom stereocenters. The highest BCUT2D eigenvalue weighted by Gasteiger charge is 2.80. The Bertz CT molecular complexity index is 3440. The number of carbonyl (C=O) groups is 8. The molecule has 22 heteroatoms. The highest BCUT2D eigenvalue weighted by Crippen LogP contribution is 2.64. The fourth-order valence-corrected chi connectivity index (χ4v) is 11.1. The van der Waals surface area contributed by atoms with Gasteiger partial charge in [0.1, 0.15) is 23.0 Å². The van der Waals surface area contributed by atoms with E-state index in [-0.39, 0.29) is 92.8 Å². The van der Waals surface area contributed by atoms with Crippen molar-refractivity contribution in [1.82, 2.24) is 10.6 Å². The molecule has 1 fully saturated rings. The van der Waals surface area contributed by atoms with Gasteiger partial charge < -0.3 is 59.9 Å². The topological polar surface area (TPSA) is 281 Å². The first-order valence-corrected chi connectivity index (χ1v) is 27.4. The third-order valence-corrected chi connectivity index (χ3v) is 15.3. The molecule has 0 aliphatic heterocycles. The molecule has 8 aromatic rings. The van der Waals surface area contributed by atoms with Crippen LogP contribution in [0.15, 0.2) is 181 Å². The number of carbonyl (C=O) groups excluding carboxylic acids is 6. The molecule has 0 bridgehead atoms. The van der Waals surface area contributed by atoms with E-state index in [1.54, 1.807) is 22.9 Å². The predicted molar refractivity (Wildman–Crippen MR) is 308 cm³/mol. The van der Waals surface area contributed by atoms with E-state index in [9.17, 15) is 48.6 Å². The quantitative estimate of drug-likeness (QED) is 0.0243. The Morgan fingerprint density at radius 2 is 0.845 bits per heavy atom. The summed E-state index contributed by atoms with van der Waals surface area (Å²) in [5, 5.41) is 37.8. The molecule has 6 aromatic carbocycles. The van der Waals surface area contributed by atoms with Crippen LogP contribution in [0, 0.1) is 0 Å². The Balaban J connectivity index is 1.11. The number of ether oxygens (including phenoxy) is 6. The van der Waals surface area contributed by atoms with Crippen molar-refractivity contribution in [3.05, 3.63) is 224 Å². The molecule has 0 saturated heterocycles. The maximum atomic E-state index is 14.9. The van der Waals surface area contributed by atoms with Crippen molar-refractivity contribution in [2.75, 3.05) is 38.1 Å². The Hall–Kier alpha value is -10.0. The van der Waals surface area contributed by atoms with Crippen LogP contribution in [0.1, 0.15) is 74.1 Å². The summed E-state index contributed by atoms with van der Waals surface area (Å²) in [6.45, 7) is -0.253. The van der Waals surface area contributed by atoms with Gasteiger partial charge in [0.25, 0.3) is 11.8 Å². The molecular formula is C62H52N4O16S2. The minimum Gasteiger partial charge on any atom is -0.493 e. The molecule has 2 aromatic heterocycles. The average Bonchev–Trinajstić information content (AvgIpc) is 0.807. The van der Waals surface area contributed by atoms with Gasteiger partial charge in [-0.2, -0.15) is 0 Å². The molecule has 1 saturated carbocycles. The van der Waals surface area contributed by atoms with Crippen LogP contribution in [-0.4, -0.2) is 96.2 Å². The summed E-state index contributed by atoms with van der Waals surface area (Å²) in [6.07, 6.45) is 0. The predicted octanol–water partition coefficient (Wildman–Crippen LogP) is 8.96.